The first-order valence-electron chi connectivity index (χ1n) is 12.9. The van der Waals surface area contributed by atoms with Gasteiger partial charge in [0.1, 0.15) is 17.2 Å². The fraction of sp³-hybridized carbons (Fsp3) is 0.333. The number of carbonyl (C=O) groups is 3. The Kier molecular flexibility index (Phi) is 10.8. The van der Waals surface area contributed by atoms with Gasteiger partial charge >= 0.3 is 0 Å². The lowest BCUT2D eigenvalue weighted by Gasteiger charge is -2.28. The highest BCUT2D eigenvalue weighted by Gasteiger charge is 2.29. The van der Waals surface area contributed by atoms with E-state index in [2.05, 4.69) is 5.32 Å². The highest BCUT2D eigenvalue weighted by Crippen LogP contribution is 2.36. The third kappa shape index (κ3) is 6.74. The number of hydrogen-bond acceptors (Lipinski definition) is 5. The third-order valence-corrected chi connectivity index (χ3v) is 6.18. The zero-order valence-electron chi connectivity index (χ0n) is 24.6. The fourth-order valence-electron chi connectivity index (χ4n) is 4.04. The minimum atomic E-state index is -0.562. The van der Waals surface area contributed by atoms with Crippen molar-refractivity contribution < 1.29 is 18.8 Å². The smallest absolute Gasteiger partial charge is 0.259 e. The Morgan fingerprint density at radius 1 is 1.00 bits per heavy atom. The molecule has 1 heterocycles. The summed E-state index contributed by atoms with van der Waals surface area (Å²) < 4.78 is 16.0. The minimum absolute atomic E-state index is 0.0106. The number of hydrogen-bond donors (Lipinski definition) is 1. The van der Waals surface area contributed by atoms with E-state index < -0.39 is 17.3 Å². The summed E-state index contributed by atoms with van der Waals surface area (Å²) in [6, 6.07) is 11.3. The van der Waals surface area contributed by atoms with E-state index in [1.165, 1.54) is 45.4 Å². The van der Waals surface area contributed by atoms with E-state index in [4.69, 9.17) is 0 Å². The molecule has 9 nitrogen and oxygen atoms in total. The maximum Gasteiger partial charge on any atom is 0.259 e. The summed E-state index contributed by atoms with van der Waals surface area (Å²) >= 11 is 0. The summed E-state index contributed by atoms with van der Waals surface area (Å²) in [4.78, 5) is 55.7. The molecule has 0 fully saturated rings. The minimum Gasteiger partial charge on any atom is -0.349 e. The number of nitrogens with zero attached hydrogens (tertiary/aromatic N) is 4. The molecule has 214 valence electrons. The molecule has 0 aliphatic rings. The van der Waals surface area contributed by atoms with Crippen molar-refractivity contribution in [2.45, 2.75) is 34.1 Å². The van der Waals surface area contributed by atoms with Crippen LogP contribution < -0.4 is 15.8 Å². The van der Waals surface area contributed by atoms with Gasteiger partial charge < -0.3 is 15.1 Å². The van der Waals surface area contributed by atoms with Crippen LogP contribution in [0.2, 0.25) is 0 Å². The molecule has 1 N–H and O–H groups in total. The van der Waals surface area contributed by atoms with E-state index in [1.807, 2.05) is 13.8 Å². The van der Waals surface area contributed by atoms with Crippen molar-refractivity contribution in [2.75, 3.05) is 38.4 Å². The van der Waals surface area contributed by atoms with Gasteiger partial charge in [0.15, 0.2) is 0 Å². The summed E-state index contributed by atoms with van der Waals surface area (Å²) in [7, 11) is 7.86. The van der Waals surface area contributed by atoms with E-state index in [1.54, 1.807) is 65.4 Å². The lowest BCUT2D eigenvalue weighted by Crippen LogP contribution is -2.33. The second-order valence-corrected chi connectivity index (χ2v) is 9.48. The van der Waals surface area contributed by atoms with Crippen molar-refractivity contribution in [3.63, 3.8) is 0 Å². The number of aryl methyl sites for hydroxylation is 1. The second-order valence-electron chi connectivity index (χ2n) is 9.48. The Labute approximate surface area is 234 Å². The van der Waals surface area contributed by atoms with Crippen molar-refractivity contribution in [1.29, 1.82) is 0 Å². The number of aromatic nitrogens is 1. The molecule has 1 aromatic heterocycles. The number of likely N-dealkylation sites (N-methyl/N-ethyl adjacent to an activating group) is 1. The fourth-order valence-corrected chi connectivity index (χ4v) is 4.04. The molecular weight excluding hydrogens is 513 g/mol. The van der Waals surface area contributed by atoms with Gasteiger partial charge in [0.05, 0.1) is 17.8 Å². The second kappa shape index (κ2) is 13.5. The van der Waals surface area contributed by atoms with Gasteiger partial charge in [-0.2, -0.15) is 0 Å². The molecule has 0 aliphatic carbocycles. The number of carbonyl (C=O) groups excluding carboxylic acids is 3. The summed E-state index contributed by atoms with van der Waals surface area (Å²) in [6.45, 7) is 7.27. The normalized spacial score (nSPS) is 10.2. The molecular formula is C30H38FN5O4. The molecule has 0 aliphatic heterocycles. The van der Waals surface area contributed by atoms with Crippen molar-refractivity contribution in [3.05, 3.63) is 80.9 Å². The number of anilines is 4. The Balaban J connectivity index is 0.00000274. The van der Waals surface area contributed by atoms with Gasteiger partial charge in [0.25, 0.3) is 11.5 Å². The molecule has 0 saturated carbocycles. The van der Waals surface area contributed by atoms with Crippen LogP contribution in [0.4, 0.5) is 27.3 Å². The van der Waals surface area contributed by atoms with Crippen LogP contribution in [0.5, 0.6) is 0 Å². The largest absolute Gasteiger partial charge is 0.349 e. The quantitative estimate of drug-likeness (QED) is 0.415. The monoisotopic (exact) mass is 551 g/mol. The molecule has 0 saturated heterocycles. The number of halogens is 1. The first-order valence-corrected chi connectivity index (χ1v) is 12.9. The van der Waals surface area contributed by atoms with Crippen LogP contribution in [-0.4, -0.2) is 60.8 Å². The van der Waals surface area contributed by atoms with Gasteiger partial charge in [-0.1, -0.05) is 32.0 Å². The van der Waals surface area contributed by atoms with E-state index >= 15 is 0 Å². The molecule has 2 aromatic carbocycles. The van der Waals surface area contributed by atoms with E-state index in [9.17, 15) is 23.6 Å². The van der Waals surface area contributed by atoms with Crippen LogP contribution in [0.1, 0.15) is 40.9 Å². The number of rotatable bonds is 8. The van der Waals surface area contributed by atoms with Crippen LogP contribution in [0.3, 0.4) is 0 Å². The molecule has 0 radical (unpaired) electrons. The van der Waals surface area contributed by atoms with Crippen molar-refractivity contribution >= 4 is 41.1 Å². The zero-order chi connectivity index (χ0) is 30.3. The average molecular weight is 552 g/mol. The molecule has 0 bridgehead atoms. The Morgan fingerprint density at radius 3 is 2.20 bits per heavy atom. The maximum atomic E-state index is 14.8. The molecule has 40 heavy (non-hydrogen) atoms. The van der Waals surface area contributed by atoms with Crippen molar-refractivity contribution in [1.82, 2.24) is 14.4 Å². The van der Waals surface area contributed by atoms with E-state index in [-0.39, 0.29) is 40.6 Å². The molecule has 10 heteroatoms. The van der Waals surface area contributed by atoms with Crippen LogP contribution in [-0.2, 0) is 23.1 Å². The lowest BCUT2D eigenvalue weighted by atomic mass is 10.0. The maximum absolute atomic E-state index is 14.8. The predicted octanol–water partition coefficient (Wildman–Crippen LogP) is 4.54. The van der Waals surface area contributed by atoms with Crippen LogP contribution in [0.25, 0.3) is 0 Å². The third-order valence-electron chi connectivity index (χ3n) is 6.18. The van der Waals surface area contributed by atoms with Crippen molar-refractivity contribution in [3.8, 4) is 0 Å². The summed E-state index contributed by atoms with van der Waals surface area (Å²) in [6.07, 6.45) is 0.614. The molecule has 3 aromatic rings. The summed E-state index contributed by atoms with van der Waals surface area (Å²) in [5, 5.41) is 2.91. The Morgan fingerprint density at radius 2 is 1.65 bits per heavy atom. The zero-order valence-corrected chi connectivity index (χ0v) is 24.6. The van der Waals surface area contributed by atoms with Gasteiger partial charge in [-0.05, 0) is 49.2 Å². The van der Waals surface area contributed by atoms with Crippen LogP contribution in [0, 0.1) is 19.7 Å². The number of pyridine rings is 1. The number of amides is 3. The topological polar surface area (TPSA) is 95.0 Å². The van der Waals surface area contributed by atoms with Crippen LogP contribution >= 0.6 is 0 Å². The molecule has 3 amide bonds. The van der Waals surface area contributed by atoms with Gasteiger partial charge in [-0.25, -0.2) is 4.39 Å². The Bertz CT molecular complexity index is 1460. The Hall–Kier alpha value is -4.47. The summed E-state index contributed by atoms with van der Waals surface area (Å²) in [5.41, 5.74) is 1.52. The van der Waals surface area contributed by atoms with Crippen LogP contribution in [0.15, 0.2) is 47.3 Å². The molecule has 3 rings (SSSR count). The molecule has 0 unspecified atom stereocenters. The van der Waals surface area contributed by atoms with Gasteiger partial charge in [-0.3, -0.25) is 28.6 Å². The first kappa shape index (κ1) is 31.7. The predicted molar refractivity (Wildman–Crippen MR) is 157 cm³/mol. The van der Waals surface area contributed by atoms with Crippen molar-refractivity contribution in [2.24, 2.45) is 7.05 Å². The van der Waals surface area contributed by atoms with Gasteiger partial charge in [0.2, 0.25) is 12.3 Å². The first-order chi connectivity index (χ1) is 18.9. The SMILES string of the molecule is CC.Cc1ccc(Nc2c(C(=O)N(C)C)c(N(C=O)c3cccc(CC(=O)N(C)C)c3)c(C)c(=O)n2C)c(F)c1. The number of nitrogens with one attached hydrogen (secondary N) is 1. The lowest BCUT2D eigenvalue weighted by molar-refractivity contribution is -0.127. The highest BCUT2D eigenvalue weighted by molar-refractivity contribution is 6.08. The highest BCUT2D eigenvalue weighted by atomic mass is 19.1. The molecule has 0 atom stereocenters. The standard InChI is InChI=1S/C28H32FN5O4.C2H6/c1-17-11-12-22(21(29)13-17)30-26-24(28(38)32(5)6)25(18(2)27(37)33(26)7)34(16-35)20-10-8-9-19(14-20)15-23(36)31(3)4;1-2/h8-14,16,30H,15H2,1-7H3;1-2H3. The van der Waals surface area contributed by atoms with E-state index in [0.29, 0.717) is 23.2 Å². The van der Waals surface area contributed by atoms with Gasteiger partial charge in [0, 0.05) is 46.5 Å². The molecule has 0 spiro atoms. The average Bonchev–Trinajstić information content (AvgIpc) is 2.92. The van der Waals surface area contributed by atoms with E-state index in [0.717, 1.165) is 0 Å². The van der Waals surface area contributed by atoms with Gasteiger partial charge in [-0.15, -0.1) is 0 Å². The number of benzene rings is 2. The summed E-state index contributed by atoms with van der Waals surface area (Å²) in [5.74, 6) is -1.16.